The molecule has 1 saturated heterocycles. The third-order valence-corrected chi connectivity index (χ3v) is 4.51. The average molecular weight is 345 g/mol. The van der Waals surface area contributed by atoms with Crippen molar-refractivity contribution in [2.24, 2.45) is 0 Å². The van der Waals surface area contributed by atoms with Crippen LogP contribution in [0.4, 0.5) is 5.82 Å². The Bertz CT molecular complexity index is 448. The first-order chi connectivity index (χ1) is 8.15. The molecule has 5 heteroatoms. The Balaban J connectivity index is 1.94. The van der Waals surface area contributed by atoms with Gasteiger partial charge in [0.25, 0.3) is 0 Å². The lowest BCUT2D eigenvalue weighted by Crippen LogP contribution is -2.11. The monoisotopic (exact) mass is 345 g/mol. The molecule has 1 aromatic rings. The number of nitrogens with two attached hydrogens (primary N) is 1. The molecule has 2 heterocycles. The second kappa shape index (κ2) is 4.35. The smallest absolute Gasteiger partial charge is 0.159 e. The van der Waals surface area contributed by atoms with Crippen molar-refractivity contribution >= 4 is 28.4 Å². The molecular weight excluding hydrogens is 329 g/mol. The summed E-state index contributed by atoms with van der Waals surface area (Å²) in [6.07, 6.45) is 4.90. The van der Waals surface area contributed by atoms with Crippen molar-refractivity contribution in [1.29, 1.82) is 0 Å². The summed E-state index contributed by atoms with van der Waals surface area (Å²) in [6.45, 7) is 2.10. The van der Waals surface area contributed by atoms with Crippen molar-refractivity contribution in [1.82, 2.24) is 9.97 Å². The lowest BCUT2D eigenvalue weighted by molar-refractivity contribution is 0.0502. The molecule has 1 aromatic heterocycles. The molecule has 1 saturated carbocycles. The van der Waals surface area contributed by atoms with Gasteiger partial charge in [-0.1, -0.05) is 0 Å². The first-order valence-corrected chi connectivity index (χ1v) is 7.21. The van der Waals surface area contributed by atoms with Crippen molar-refractivity contribution in [2.45, 2.75) is 50.7 Å². The van der Waals surface area contributed by atoms with Gasteiger partial charge in [-0.05, 0) is 55.2 Å². The summed E-state index contributed by atoms with van der Waals surface area (Å²) in [5.41, 5.74) is 7.11. The molecule has 2 fully saturated rings. The fourth-order valence-corrected chi connectivity index (χ4v) is 2.95. The second-order valence-electron chi connectivity index (χ2n) is 4.95. The van der Waals surface area contributed by atoms with Crippen LogP contribution in [0.3, 0.4) is 0 Å². The van der Waals surface area contributed by atoms with Crippen molar-refractivity contribution in [2.75, 3.05) is 5.73 Å². The molecule has 92 valence electrons. The third-order valence-electron chi connectivity index (χ3n) is 3.40. The van der Waals surface area contributed by atoms with Gasteiger partial charge >= 0.3 is 0 Å². The summed E-state index contributed by atoms with van der Waals surface area (Å²) >= 11 is 2.25. The molecular formula is C12H16IN3O. The van der Waals surface area contributed by atoms with Crippen LogP contribution in [0.15, 0.2) is 0 Å². The number of anilines is 1. The first kappa shape index (κ1) is 11.6. The summed E-state index contributed by atoms with van der Waals surface area (Å²) < 4.78 is 6.84. The van der Waals surface area contributed by atoms with E-state index in [1.54, 1.807) is 0 Å². The lowest BCUT2D eigenvalue weighted by atomic mass is 10.2. The number of ether oxygens (including phenoxy) is 1. The predicted octanol–water partition coefficient (Wildman–Crippen LogP) is 2.78. The van der Waals surface area contributed by atoms with Crippen LogP contribution in [-0.2, 0) is 4.74 Å². The van der Waals surface area contributed by atoms with Crippen molar-refractivity contribution in [3.63, 3.8) is 0 Å². The summed E-state index contributed by atoms with van der Waals surface area (Å²) in [5, 5.41) is 0. The first-order valence-electron chi connectivity index (χ1n) is 6.13. The Morgan fingerprint density at radius 1 is 1.24 bits per heavy atom. The quantitative estimate of drug-likeness (QED) is 0.838. The number of nitrogens with zero attached hydrogens (tertiary/aromatic N) is 2. The van der Waals surface area contributed by atoms with E-state index >= 15 is 0 Å². The number of nitrogen functional groups attached to an aromatic ring is 1. The van der Waals surface area contributed by atoms with Gasteiger partial charge in [0.1, 0.15) is 11.9 Å². The number of halogens is 1. The van der Waals surface area contributed by atoms with Crippen LogP contribution in [0.5, 0.6) is 0 Å². The van der Waals surface area contributed by atoms with Crippen LogP contribution in [-0.4, -0.2) is 16.1 Å². The van der Waals surface area contributed by atoms with E-state index in [0.717, 1.165) is 27.9 Å². The zero-order valence-electron chi connectivity index (χ0n) is 9.82. The van der Waals surface area contributed by atoms with E-state index in [1.165, 1.54) is 12.8 Å². The highest BCUT2D eigenvalue weighted by atomic mass is 127. The topological polar surface area (TPSA) is 61.0 Å². The van der Waals surface area contributed by atoms with Gasteiger partial charge < -0.3 is 10.5 Å². The van der Waals surface area contributed by atoms with Gasteiger partial charge in [0.05, 0.1) is 15.4 Å². The second-order valence-corrected chi connectivity index (χ2v) is 6.03. The standard InChI is InChI=1S/C12H16IN3O/c1-6-2-5-8(17-6)12-15-10(7-3-4-7)9(13)11(14)16-12/h6-8H,2-5H2,1H3,(H2,14,15,16). The molecule has 17 heavy (non-hydrogen) atoms. The largest absolute Gasteiger partial charge is 0.383 e. The summed E-state index contributed by atoms with van der Waals surface area (Å²) in [4.78, 5) is 9.08. The van der Waals surface area contributed by atoms with Gasteiger partial charge in [-0.3, -0.25) is 0 Å². The van der Waals surface area contributed by atoms with E-state index in [-0.39, 0.29) is 6.10 Å². The lowest BCUT2D eigenvalue weighted by Gasteiger charge is -2.13. The Kier molecular flexibility index (Phi) is 2.98. The van der Waals surface area contributed by atoms with E-state index in [4.69, 9.17) is 10.5 Å². The maximum absolute atomic E-state index is 5.98. The molecule has 2 atom stereocenters. The molecule has 0 spiro atoms. The highest BCUT2D eigenvalue weighted by molar-refractivity contribution is 14.1. The molecule has 0 amide bonds. The van der Waals surface area contributed by atoms with Crippen LogP contribution < -0.4 is 5.73 Å². The zero-order chi connectivity index (χ0) is 12.0. The van der Waals surface area contributed by atoms with Crippen LogP contribution in [0.1, 0.15) is 56.1 Å². The van der Waals surface area contributed by atoms with Gasteiger partial charge in [0.2, 0.25) is 0 Å². The summed E-state index contributed by atoms with van der Waals surface area (Å²) in [7, 11) is 0. The van der Waals surface area contributed by atoms with Crippen molar-refractivity contribution in [3.05, 3.63) is 15.1 Å². The number of rotatable bonds is 2. The normalized spacial score (nSPS) is 28.6. The van der Waals surface area contributed by atoms with Gasteiger partial charge in [0, 0.05) is 5.92 Å². The van der Waals surface area contributed by atoms with E-state index in [2.05, 4.69) is 39.5 Å². The van der Waals surface area contributed by atoms with Crippen molar-refractivity contribution < 1.29 is 4.74 Å². The number of aromatic nitrogens is 2. The molecule has 2 unspecified atom stereocenters. The third kappa shape index (κ3) is 2.27. The molecule has 3 rings (SSSR count). The molecule has 0 bridgehead atoms. The maximum atomic E-state index is 5.98. The molecule has 1 aliphatic carbocycles. The van der Waals surface area contributed by atoms with Crippen LogP contribution in [0, 0.1) is 3.57 Å². The molecule has 0 radical (unpaired) electrons. The van der Waals surface area contributed by atoms with E-state index in [1.807, 2.05) is 0 Å². The highest BCUT2D eigenvalue weighted by Gasteiger charge is 2.32. The van der Waals surface area contributed by atoms with E-state index < -0.39 is 0 Å². The molecule has 1 aliphatic heterocycles. The van der Waals surface area contributed by atoms with Gasteiger partial charge in [-0.25, -0.2) is 9.97 Å². The Hall–Kier alpha value is -0.430. The zero-order valence-corrected chi connectivity index (χ0v) is 12.0. The Labute approximate surface area is 114 Å². The highest BCUT2D eigenvalue weighted by Crippen LogP contribution is 2.43. The number of hydrogen-bond acceptors (Lipinski definition) is 4. The van der Waals surface area contributed by atoms with E-state index in [9.17, 15) is 0 Å². The minimum absolute atomic E-state index is 0.0433. The molecule has 4 nitrogen and oxygen atoms in total. The Morgan fingerprint density at radius 3 is 2.59 bits per heavy atom. The summed E-state index contributed by atoms with van der Waals surface area (Å²) in [5.74, 6) is 2.00. The SMILES string of the molecule is CC1CCC(c2nc(N)c(I)c(C3CC3)n2)O1. The minimum Gasteiger partial charge on any atom is -0.383 e. The fraction of sp³-hybridized carbons (Fsp3) is 0.667. The van der Waals surface area contributed by atoms with E-state index in [0.29, 0.717) is 17.8 Å². The van der Waals surface area contributed by atoms with Crippen molar-refractivity contribution in [3.8, 4) is 0 Å². The Morgan fingerprint density at radius 2 is 2.00 bits per heavy atom. The number of hydrogen-bond donors (Lipinski definition) is 1. The molecule has 0 aromatic carbocycles. The molecule has 2 aliphatic rings. The van der Waals surface area contributed by atoms with Crippen LogP contribution in [0.2, 0.25) is 0 Å². The average Bonchev–Trinajstić information content (AvgIpc) is 3.05. The molecule has 2 N–H and O–H groups in total. The van der Waals surface area contributed by atoms with Crippen LogP contribution >= 0.6 is 22.6 Å². The predicted molar refractivity (Wildman–Crippen MR) is 73.7 cm³/mol. The minimum atomic E-state index is 0.0433. The van der Waals surface area contributed by atoms with Gasteiger partial charge in [-0.2, -0.15) is 0 Å². The van der Waals surface area contributed by atoms with Gasteiger partial charge in [0.15, 0.2) is 5.82 Å². The van der Waals surface area contributed by atoms with Crippen LogP contribution in [0.25, 0.3) is 0 Å². The summed E-state index contributed by atoms with van der Waals surface area (Å²) in [6, 6.07) is 0. The fourth-order valence-electron chi connectivity index (χ4n) is 2.27. The van der Waals surface area contributed by atoms with Gasteiger partial charge in [-0.15, -0.1) is 0 Å². The maximum Gasteiger partial charge on any atom is 0.159 e.